The van der Waals surface area contributed by atoms with Crippen LogP contribution in [0.25, 0.3) is 10.9 Å². The van der Waals surface area contributed by atoms with Crippen LogP contribution in [0.4, 0.5) is 5.69 Å². The monoisotopic (exact) mass is 327 g/mol. The van der Waals surface area contributed by atoms with Crippen LogP contribution in [0.5, 0.6) is 0 Å². The molecule has 1 aromatic heterocycles. The van der Waals surface area contributed by atoms with Crippen molar-refractivity contribution in [1.82, 2.24) is 9.55 Å². The highest BCUT2D eigenvalue weighted by Gasteiger charge is 2.18. The average molecular weight is 328 g/mol. The summed E-state index contributed by atoms with van der Waals surface area (Å²) in [6.07, 6.45) is 1.39. The Balaban J connectivity index is 1.92. The summed E-state index contributed by atoms with van der Waals surface area (Å²) in [5.74, 6) is -0.336. The molecular formula is C17H14ClN3O2. The number of carbonyl (C=O) groups excluding carboxylic acids is 1. The normalized spacial score (nSPS) is 12.1. The molecule has 0 saturated carbocycles. The zero-order chi connectivity index (χ0) is 16.4. The van der Waals surface area contributed by atoms with E-state index in [4.69, 9.17) is 11.6 Å². The van der Waals surface area contributed by atoms with Gasteiger partial charge in [-0.05, 0) is 31.2 Å². The number of nitrogens with one attached hydrogen (secondary N) is 1. The molecule has 1 atom stereocenters. The van der Waals surface area contributed by atoms with Gasteiger partial charge in [-0.15, -0.1) is 0 Å². The summed E-state index contributed by atoms with van der Waals surface area (Å²) in [5, 5.41) is 3.65. The lowest BCUT2D eigenvalue weighted by Gasteiger charge is -2.15. The number of amides is 1. The van der Waals surface area contributed by atoms with Crippen molar-refractivity contribution in [2.75, 3.05) is 5.32 Å². The van der Waals surface area contributed by atoms with Crippen LogP contribution in [0.15, 0.2) is 59.7 Å². The Kier molecular flexibility index (Phi) is 4.12. The summed E-state index contributed by atoms with van der Waals surface area (Å²) in [4.78, 5) is 29.1. The number of hydrogen-bond acceptors (Lipinski definition) is 3. The first kappa shape index (κ1) is 15.2. The smallest absolute Gasteiger partial charge is 0.261 e. The molecule has 0 aliphatic heterocycles. The first-order chi connectivity index (χ1) is 11.1. The fraction of sp³-hybridized carbons (Fsp3) is 0.118. The maximum Gasteiger partial charge on any atom is 0.261 e. The molecule has 0 aliphatic rings. The molecule has 0 fully saturated rings. The first-order valence-electron chi connectivity index (χ1n) is 7.09. The van der Waals surface area contributed by atoms with Crippen LogP contribution in [0.1, 0.15) is 13.0 Å². The van der Waals surface area contributed by atoms with E-state index in [1.807, 2.05) is 6.07 Å². The van der Waals surface area contributed by atoms with Crippen molar-refractivity contribution in [2.24, 2.45) is 0 Å². The molecule has 0 bridgehead atoms. The van der Waals surface area contributed by atoms with Crippen molar-refractivity contribution in [3.05, 3.63) is 70.2 Å². The van der Waals surface area contributed by atoms with Crippen molar-refractivity contribution >= 4 is 34.1 Å². The van der Waals surface area contributed by atoms with E-state index in [1.54, 1.807) is 49.4 Å². The van der Waals surface area contributed by atoms with Crippen molar-refractivity contribution in [3.63, 3.8) is 0 Å². The molecule has 5 nitrogen and oxygen atoms in total. The van der Waals surface area contributed by atoms with Gasteiger partial charge in [-0.1, -0.05) is 35.9 Å². The Morgan fingerprint density at radius 3 is 2.65 bits per heavy atom. The molecule has 0 aliphatic carbocycles. The van der Waals surface area contributed by atoms with Crippen molar-refractivity contribution < 1.29 is 4.79 Å². The molecule has 0 saturated heterocycles. The van der Waals surface area contributed by atoms with Gasteiger partial charge in [-0.3, -0.25) is 14.2 Å². The molecule has 3 aromatic rings. The third-order valence-electron chi connectivity index (χ3n) is 3.62. The number of carbonyl (C=O) groups is 1. The van der Waals surface area contributed by atoms with Crippen LogP contribution in [0, 0.1) is 0 Å². The Bertz CT molecular complexity index is 936. The van der Waals surface area contributed by atoms with Crippen molar-refractivity contribution in [2.45, 2.75) is 13.0 Å². The van der Waals surface area contributed by atoms with E-state index in [0.29, 0.717) is 21.6 Å². The summed E-state index contributed by atoms with van der Waals surface area (Å²) in [6.45, 7) is 1.64. The van der Waals surface area contributed by atoms with Gasteiger partial charge in [0, 0.05) is 0 Å². The second-order valence-electron chi connectivity index (χ2n) is 5.12. The second kappa shape index (κ2) is 6.22. The molecular weight excluding hydrogens is 314 g/mol. The zero-order valence-electron chi connectivity index (χ0n) is 12.4. The fourth-order valence-electron chi connectivity index (χ4n) is 2.28. The van der Waals surface area contributed by atoms with Crippen molar-refractivity contribution in [3.8, 4) is 0 Å². The number of aromatic nitrogens is 2. The topological polar surface area (TPSA) is 64.0 Å². The average Bonchev–Trinajstić information content (AvgIpc) is 2.57. The van der Waals surface area contributed by atoms with Crippen LogP contribution in [-0.2, 0) is 4.79 Å². The molecule has 23 heavy (non-hydrogen) atoms. The predicted octanol–water partition coefficient (Wildman–Crippen LogP) is 3.25. The quantitative estimate of drug-likeness (QED) is 0.803. The van der Waals surface area contributed by atoms with Crippen LogP contribution < -0.4 is 10.9 Å². The molecule has 3 rings (SSSR count). The summed E-state index contributed by atoms with van der Waals surface area (Å²) in [5.41, 5.74) is 0.859. The zero-order valence-corrected chi connectivity index (χ0v) is 13.1. The predicted molar refractivity (Wildman–Crippen MR) is 90.8 cm³/mol. The summed E-state index contributed by atoms with van der Waals surface area (Å²) in [7, 11) is 0. The number of para-hydroxylation sites is 2. The fourth-order valence-corrected chi connectivity index (χ4v) is 2.47. The highest BCUT2D eigenvalue weighted by atomic mass is 35.5. The van der Waals surface area contributed by atoms with Crippen LogP contribution in [0.3, 0.4) is 0 Å². The largest absolute Gasteiger partial charge is 0.323 e. The molecule has 0 radical (unpaired) electrons. The highest BCUT2D eigenvalue weighted by Crippen LogP contribution is 2.21. The number of anilines is 1. The molecule has 1 unspecified atom stereocenters. The Morgan fingerprint density at radius 1 is 1.17 bits per heavy atom. The Labute approximate surface area is 137 Å². The number of halogens is 1. The summed E-state index contributed by atoms with van der Waals surface area (Å²) in [6, 6.07) is 13.3. The molecule has 2 aromatic carbocycles. The van der Waals surface area contributed by atoms with Gasteiger partial charge in [0.05, 0.1) is 27.9 Å². The lowest BCUT2D eigenvalue weighted by atomic mass is 10.2. The van der Waals surface area contributed by atoms with Gasteiger partial charge in [0.15, 0.2) is 0 Å². The van der Waals surface area contributed by atoms with Crippen LogP contribution in [-0.4, -0.2) is 15.5 Å². The minimum Gasteiger partial charge on any atom is -0.323 e. The molecule has 0 spiro atoms. The number of benzene rings is 2. The molecule has 1 heterocycles. The van der Waals surface area contributed by atoms with Gasteiger partial charge < -0.3 is 5.32 Å². The maximum atomic E-state index is 12.5. The van der Waals surface area contributed by atoms with E-state index in [1.165, 1.54) is 10.9 Å². The maximum absolute atomic E-state index is 12.5. The first-order valence-corrected chi connectivity index (χ1v) is 7.47. The third kappa shape index (κ3) is 2.96. The SMILES string of the molecule is CC(C(=O)Nc1ccccc1Cl)n1cnc2ccccc2c1=O. The van der Waals surface area contributed by atoms with Gasteiger partial charge in [-0.25, -0.2) is 4.98 Å². The standard InChI is InChI=1S/C17H14ClN3O2/c1-11(16(22)20-15-9-5-3-7-13(15)18)21-10-19-14-8-4-2-6-12(14)17(21)23/h2-11H,1H3,(H,20,22). The Hall–Kier alpha value is -2.66. The van der Waals surface area contributed by atoms with Gasteiger partial charge >= 0.3 is 0 Å². The van der Waals surface area contributed by atoms with E-state index in [9.17, 15) is 9.59 Å². The number of rotatable bonds is 3. The van der Waals surface area contributed by atoms with E-state index in [-0.39, 0.29) is 11.5 Å². The minimum absolute atomic E-state index is 0.252. The van der Waals surface area contributed by atoms with E-state index < -0.39 is 6.04 Å². The van der Waals surface area contributed by atoms with Crippen LogP contribution >= 0.6 is 11.6 Å². The number of fused-ring (bicyclic) bond motifs is 1. The van der Waals surface area contributed by atoms with E-state index >= 15 is 0 Å². The summed E-state index contributed by atoms with van der Waals surface area (Å²) < 4.78 is 1.31. The Morgan fingerprint density at radius 2 is 1.87 bits per heavy atom. The lowest BCUT2D eigenvalue weighted by molar-refractivity contribution is -0.118. The van der Waals surface area contributed by atoms with Crippen LogP contribution in [0.2, 0.25) is 5.02 Å². The van der Waals surface area contributed by atoms with Gasteiger partial charge in [0.25, 0.3) is 5.56 Å². The molecule has 6 heteroatoms. The lowest BCUT2D eigenvalue weighted by Crippen LogP contribution is -2.31. The van der Waals surface area contributed by atoms with Gasteiger partial charge in [0.1, 0.15) is 6.04 Å². The highest BCUT2D eigenvalue weighted by molar-refractivity contribution is 6.33. The van der Waals surface area contributed by atoms with Gasteiger partial charge in [-0.2, -0.15) is 0 Å². The minimum atomic E-state index is -0.712. The molecule has 1 amide bonds. The molecule has 116 valence electrons. The third-order valence-corrected chi connectivity index (χ3v) is 3.95. The van der Waals surface area contributed by atoms with E-state index in [2.05, 4.69) is 10.3 Å². The summed E-state index contributed by atoms with van der Waals surface area (Å²) >= 11 is 6.03. The molecule has 1 N–H and O–H groups in total. The second-order valence-corrected chi connectivity index (χ2v) is 5.53. The number of nitrogens with zero attached hydrogens (tertiary/aromatic N) is 2. The number of hydrogen-bond donors (Lipinski definition) is 1. The van der Waals surface area contributed by atoms with Crippen molar-refractivity contribution in [1.29, 1.82) is 0 Å². The van der Waals surface area contributed by atoms with Gasteiger partial charge in [0.2, 0.25) is 5.91 Å². The van der Waals surface area contributed by atoms with E-state index in [0.717, 1.165) is 0 Å².